The van der Waals surface area contributed by atoms with Crippen LogP contribution in [0.15, 0.2) is 12.1 Å². The summed E-state index contributed by atoms with van der Waals surface area (Å²) in [4.78, 5) is 42.2. The highest BCUT2D eigenvalue weighted by molar-refractivity contribution is 5.99. The molecule has 0 fully saturated rings. The molecule has 0 spiro atoms. The minimum Gasteiger partial charge on any atom is -0.469 e. The number of hydrogen-bond acceptors (Lipinski definition) is 8. The van der Waals surface area contributed by atoms with E-state index < -0.39 is 38.7 Å². The predicted molar refractivity (Wildman–Crippen MR) is 73.4 cm³/mol. The molecule has 1 aromatic rings. The minimum absolute atomic E-state index is 0.0243. The molecule has 118 valence electrons. The van der Waals surface area contributed by atoms with Gasteiger partial charge in [0.25, 0.3) is 17.3 Å². The van der Waals surface area contributed by atoms with Gasteiger partial charge in [-0.15, -0.1) is 0 Å². The number of nitrogens with zero attached hydrogens (tertiary/aromatic N) is 2. The maximum absolute atomic E-state index is 11.2. The first-order chi connectivity index (χ1) is 10.3. The molecule has 3 N–H and O–H groups in total. The quantitative estimate of drug-likeness (QED) is 0.418. The van der Waals surface area contributed by atoms with Crippen LogP contribution in [0.25, 0.3) is 0 Å². The molecule has 0 saturated heterocycles. The molecule has 11 nitrogen and oxygen atoms in total. The summed E-state index contributed by atoms with van der Waals surface area (Å²) in [7, 11) is 1.18. The summed E-state index contributed by atoms with van der Waals surface area (Å²) < 4.78 is 4.40. The van der Waals surface area contributed by atoms with Crippen molar-refractivity contribution in [3.63, 3.8) is 0 Å². The first-order valence-electron chi connectivity index (χ1n) is 5.85. The van der Waals surface area contributed by atoms with Crippen molar-refractivity contribution in [3.8, 4) is 0 Å². The monoisotopic (exact) mass is 312 g/mol. The number of nitro benzene ring substituents is 2. The summed E-state index contributed by atoms with van der Waals surface area (Å²) >= 11 is 0. The number of carbonyl (C=O) groups excluding carboxylic acids is 2. The number of amides is 1. The van der Waals surface area contributed by atoms with Gasteiger partial charge in [0.15, 0.2) is 0 Å². The molecule has 0 atom stereocenters. The summed E-state index contributed by atoms with van der Waals surface area (Å²) in [5, 5.41) is 24.4. The molecule has 0 aliphatic heterocycles. The summed E-state index contributed by atoms with van der Waals surface area (Å²) in [6.45, 7) is -0.0243. The summed E-state index contributed by atoms with van der Waals surface area (Å²) in [6, 6.07) is 1.55. The van der Waals surface area contributed by atoms with Gasteiger partial charge in [-0.1, -0.05) is 0 Å². The Morgan fingerprint density at radius 2 is 1.82 bits per heavy atom. The standard InChI is InChI=1S/C11H12N4O7/c1-22-10(16)2-3-13-7-4-6(11(12)17)8(14(18)19)5-9(7)15(20)21/h4-5,13H,2-3H2,1H3,(H2,12,17). The van der Waals surface area contributed by atoms with Crippen molar-refractivity contribution in [2.75, 3.05) is 19.0 Å². The molecule has 11 heteroatoms. The van der Waals surface area contributed by atoms with E-state index in [4.69, 9.17) is 5.73 Å². The van der Waals surface area contributed by atoms with E-state index in [0.29, 0.717) is 6.07 Å². The van der Waals surface area contributed by atoms with Gasteiger partial charge in [-0.2, -0.15) is 0 Å². The zero-order chi connectivity index (χ0) is 16.9. The van der Waals surface area contributed by atoms with Gasteiger partial charge in [0.2, 0.25) is 0 Å². The maximum atomic E-state index is 11.2. The second-order valence-electron chi connectivity index (χ2n) is 4.02. The van der Waals surface area contributed by atoms with Crippen LogP contribution in [0.2, 0.25) is 0 Å². The largest absolute Gasteiger partial charge is 0.469 e. The lowest BCUT2D eigenvalue weighted by atomic mass is 10.1. The Morgan fingerprint density at radius 1 is 1.23 bits per heavy atom. The molecule has 1 amide bonds. The first-order valence-corrected chi connectivity index (χ1v) is 5.85. The summed E-state index contributed by atoms with van der Waals surface area (Å²) in [5.41, 5.74) is 3.02. The van der Waals surface area contributed by atoms with E-state index in [-0.39, 0.29) is 18.7 Å². The maximum Gasteiger partial charge on any atom is 0.307 e. The number of anilines is 1. The third-order valence-electron chi connectivity index (χ3n) is 2.65. The number of nitrogens with two attached hydrogens (primary N) is 1. The topological polar surface area (TPSA) is 168 Å². The van der Waals surface area contributed by atoms with Gasteiger partial charge >= 0.3 is 5.97 Å². The Labute approximate surface area is 123 Å². The number of nitrogens with one attached hydrogen (secondary N) is 1. The fourth-order valence-corrected chi connectivity index (χ4v) is 1.62. The average molecular weight is 312 g/mol. The van der Waals surface area contributed by atoms with Crippen LogP contribution in [0.4, 0.5) is 17.1 Å². The van der Waals surface area contributed by atoms with Crippen molar-refractivity contribution in [1.29, 1.82) is 0 Å². The van der Waals surface area contributed by atoms with E-state index in [1.807, 2.05) is 0 Å². The van der Waals surface area contributed by atoms with Gasteiger partial charge in [0, 0.05) is 6.54 Å². The molecule has 0 aliphatic rings. The number of methoxy groups -OCH3 is 1. The molecule has 0 saturated carbocycles. The molecular formula is C11H12N4O7. The highest BCUT2D eigenvalue weighted by Crippen LogP contribution is 2.32. The van der Waals surface area contributed by atoms with Crippen LogP contribution < -0.4 is 11.1 Å². The minimum atomic E-state index is -1.10. The summed E-state index contributed by atoms with van der Waals surface area (Å²) in [6.07, 6.45) is -0.0868. The Bertz CT molecular complexity index is 644. The number of nitro groups is 2. The highest BCUT2D eigenvalue weighted by Gasteiger charge is 2.26. The van der Waals surface area contributed by atoms with Crippen molar-refractivity contribution < 1.29 is 24.2 Å². The van der Waals surface area contributed by atoms with Crippen molar-refractivity contribution >= 4 is 28.9 Å². The molecule has 0 unspecified atom stereocenters. The Morgan fingerprint density at radius 3 is 2.27 bits per heavy atom. The number of hydrogen-bond donors (Lipinski definition) is 2. The van der Waals surface area contributed by atoms with Gasteiger partial charge < -0.3 is 15.8 Å². The predicted octanol–water partition coefficient (Wildman–Crippen LogP) is 0.577. The van der Waals surface area contributed by atoms with Crippen LogP contribution in [0, 0.1) is 20.2 Å². The number of rotatable bonds is 7. The Kier molecular flexibility index (Phi) is 5.32. The van der Waals surface area contributed by atoms with E-state index in [1.165, 1.54) is 7.11 Å². The highest BCUT2D eigenvalue weighted by atomic mass is 16.6. The van der Waals surface area contributed by atoms with Crippen LogP contribution in [-0.4, -0.2) is 35.4 Å². The van der Waals surface area contributed by atoms with E-state index in [9.17, 15) is 29.8 Å². The molecule has 0 radical (unpaired) electrons. The first kappa shape index (κ1) is 16.8. The fraction of sp³-hybridized carbons (Fsp3) is 0.273. The van der Waals surface area contributed by atoms with Gasteiger partial charge in [0.1, 0.15) is 11.3 Å². The zero-order valence-electron chi connectivity index (χ0n) is 11.4. The number of ether oxygens (including phenoxy) is 1. The fourth-order valence-electron chi connectivity index (χ4n) is 1.62. The molecule has 0 aliphatic carbocycles. The van der Waals surface area contributed by atoms with Crippen molar-refractivity contribution in [2.24, 2.45) is 5.73 Å². The zero-order valence-corrected chi connectivity index (χ0v) is 11.4. The van der Waals surface area contributed by atoms with E-state index in [2.05, 4.69) is 10.1 Å². The van der Waals surface area contributed by atoms with Crippen LogP contribution in [0.3, 0.4) is 0 Å². The van der Waals surface area contributed by atoms with Crippen molar-refractivity contribution in [3.05, 3.63) is 37.9 Å². The Hall–Kier alpha value is -3.24. The molecule has 0 bridgehead atoms. The average Bonchev–Trinajstić information content (AvgIpc) is 2.45. The van der Waals surface area contributed by atoms with E-state index >= 15 is 0 Å². The van der Waals surface area contributed by atoms with Crippen molar-refractivity contribution in [1.82, 2.24) is 0 Å². The van der Waals surface area contributed by atoms with Crippen LogP contribution in [0.1, 0.15) is 16.8 Å². The molecule has 1 aromatic carbocycles. The lowest BCUT2D eigenvalue weighted by Gasteiger charge is -2.08. The van der Waals surface area contributed by atoms with Crippen LogP contribution >= 0.6 is 0 Å². The smallest absolute Gasteiger partial charge is 0.307 e. The molecule has 1 rings (SSSR count). The number of primary amides is 1. The SMILES string of the molecule is COC(=O)CCNc1cc(C(N)=O)c([N+](=O)[O-])cc1[N+](=O)[O-]. The van der Waals surface area contributed by atoms with E-state index in [0.717, 1.165) is 6.07 Å². The molecular weight excluding hydrogens is 300 g/mol. The second kappa shape index (κ2) is 6.97. The third kappa shape index (κ3) is 3.88. The normalized spacial score (nSPS) is 9.86. The number of benzene rings is 1. The Balaban J connectivity index is 3.21. The molecule has 0 heterocycles. The second-order valence-corrected chi connectivity index (χ2v) is 4.02. The third-order valence-corrected chi connectivity index (χ3v) is 2.65. The van der Waals surface area contributed by atoms with Crippen molar-refractivity contribution in [2.45, 2.75) is 6.42 Å². The van der Waals surface area contributed by atoms with Gasteiger partial charge in [0.05, 0.1) is 29.4 Å². The van der Waals surface area contributed by atoms with Crippen LogP contribution in [-0.2, 0) is 9.53 Å². The van der Waals surface area contributed by atoms with Gasteiger partial charge in [-0.3, -0.25) is 29.8 Å². The lowest BCUT2D eigenvalue weighted by molar-refractivity contribution is -0.393. The number of esters is 1. The lowest BCUT2D eigenvalue weighted by Crippen LogP contribution is -2.16. The number of carbonyl (C=O) groups is 2. The van der Waals surface area contributed by atoms with Gasteiger partial charge in [-0.25, -0.2) is 0 Å². The summed E-state index contributed by atoms with van der Waals surface area (Å²) in [5.74, 6) is -1.65. The van der Waals surface area contributed by atoms with Gasteiger partial charge in [-0.05, 0) is 6.07 Å². The van der Waals surface area contributed by atoms with E-state index in [1.54, 1.807) is 0 Å². The molecule has 0 aromatic heterocycles. The molecule has 22 heavy (non-hydrogen) atoms. The van der Waals surface area contributed by atoms with Crippen LogP contribution in [0.5, 0.6) is 0 Å².